The second-order valence-electron chi connectivity index (χ2n) is 7.60. The smallest absolute Gasteiger partial charge is 0.273 e. The maximum Gasteiger partial charge on any atom is 0.279 e. The minimum Gasteiger partial charge on any atom is -0.273 e. The molecule has 2 heterocycles. The average Bonchev–Trinajstić information content (AvgIpc) is 3.32. The number of aryl methyl sites for hydroxylation is 2. The third-order valence-electron chi connectivity index (χ3n) is 5.03. The molecule has 0 saturated heterocycles. The number of thiazole rings is 1. The van der Waals surface area contributed by atoms with E-state index in [-0.39, 0.29) is 18.2 Å². The lowest BCUT2D eigenvalue weighted by Gasteiger charge is -2.16. The van der Waals surface area contributed by atoms with Gasteiger partial charge in [-0.15, -0.1) is 22.7 Å². The van der Waals surface area contributed by atoms with Crippen LogP contribution in [-0.2, 0) is 24.1 Å². The van der Waals surface area contributed by atoms with E-state index in [1.807, 2.05) is 36.6 Å². The number of thiophene rings is 1. The summed E-state index contributed by atoms with van der Waals surface area (Å²) in [5.41, 5.74) is 9.23. The highest BCUT2D eigenvalue weighted by molar-refractivity contribution is 7.14. The van der Waals surface area contributed by atoms with E-state index in [2.05, 4.69) is 28.8 Å². The maximum absolute atomic E-state index is 12.4. The second-order valence-corrected chi connectivity index (χ2v) is 9.59. The van der Waals surface area contributed by atoms with E-state index >= 15 is 0 Å². The minimum atomic E-state index is -0.283. The summed E-state index contributed by atoms with van der Waals surface area (Å²) in [7, 11) is 0. The van der Waals surface area contributed by atoms with Gasteiger partial charge in [-0.3, -0.25) is 20.4 Å². The molecule has 5 nitrogen and oxygen atoms in total. The number of nitrogens with one attached hydrogen (secondary N) is 2. The summed E-state index contributed by atoms with van der Waals surface area (Å²) in [6.07, 6.45) is 3.36. The van der Waals surface area contributed by atoms with Gasteiger partial charge in [-0.25, -0.2) is 4.98 Å². The Bertz CT molecular complexity index is 1050. The van der Waals surface area contributed by atoms with Crippen LogP contribution in [0.25, 0.3) is 10.6 Å². The summed E-state index contributed by atoms with van der Waals surface area (Å²) < 4.78 is 0. The zero-order valence-electron chi connectivity index (χ0n) is 16.5. The Morgan fingerprint density at radius 3 is 2.93 bits per heavy atom. The maximum atomic E-state index is 12.4. The molecule has 2 amide bonds. The van der Waals surface area contributed by atoms with Crippen molar-refractivity contribution in [1.82, 2.24) is 15.8 Å². The number of hydrogen-bond donors (Lipinski definition) is 2. The van der Waals surface area contributed by atoms with Gasteiger partial charge in [0.15, 0.2) is 0 Å². The molecule has 0 radical (unpaired) electrons. The largest absolute Gasteiger partial charge is 0.279 e. The molecule has 1 atom stereocenters. The molecule has 0 aliphatic heterocycles. The monoisotopic (exact) mass is 425 g/mol. The molecular weight excluding hydrogens is 402 g/mol. The molecule has 29 heavy (non-hydrogen) atoms. The molecule has 1 aliphatic rings. The quantitative estimate of drug-likeness (QED) is 0.612. The van der Waals surface area contributed by atoms with E-state index in [0.29, 0.717) is 16.5 Å². The lowest BCUT2D eigenvalue weighted by atomic mass is 9.90. The highest BCUT2D eigenvalue weighted by Gasteiger charge is 2.21. The molecule has 7 heteroatoms. The van der Waals surface area contributed by atoms with Gasteiger partial charge in [0.1, 0.15) is 5.01 Å². The highest BCUT2D eigenvalue weighted by Crippen LogP contribution is 2.32. The van der Waals surface area contributed by atoms with Gasteiger partial charge < -0.3 is 0 Å². The first-order valence-electron chi connectivity index (χ1n) is 9.70. The van der Waals surface area contributed by atoms with Crippen LogP contribution in [0.1, 0.15) is 44.7 Å². The molecular formula is C22H23N3O2S2. The number of amides is 2. The van der Waals surface area contributed by atoms with Crippen LogP contribution in [-0.4, -0.2) is 16.8 Å². The van der Waals surface area contributed by atoms with E-state index in [9.17, 15) is 9.59 Å². The number of carbonyl (C=O) groups is 2. The fraction of sp³-hybridized carbons (Fsp3) is 0.318. The fourth-order valence-corrected chi connectivity index (χ4v) is 5.43. The topological polar surface area (TPSA) is 71.1 Å². The van der Waals surface area contributed by atoms with Crippen LogP contribution in [0, 0.1) is 12.8 Å². The third kappa shape index (κ3) is 4.74. The van der Waals surface area contributed by atoms with Gasteiger partial charge in [-0.1, -0.05) is 30.7 Å². The number of benzene rings is 1. The van der Waals surface area contributed by atoms with Crippen LogP contribution in [0.3, 0.4) is 0 Å². The number of aromatic nitrogens is 1. The number of carbonyl (C=O) groups excluding carboxylic acids is 2. The van der Waals surface area contributed by atoms with Gasteiger partial charge in [-0.05, 0) is 49.8 Å². The molecule has 2 N–H and O–H groups in total. The summed E-state index contributed by atoms with van der Waals surface area (Å²) in [4.78, 5) is 31.1. The molecule has 150 valence electrons. The molecule has 1 aliphatic carbocycles. The number of fused-ring (bicyclic) bond motifs is 1. The van der Waals surface area contributed by atoms with Crippen molar-refractivity contribution in [2.24, 2.45) is 5.92 Å². The summed E-state index contributed by atoms with van der Waals surface area (Å²) in [5, 5.41) is 2.77. The van der Waals surface area contributed by atoms with Crippen LogP contribution in [0.5, 0.6) is 0 Å². The van der Waals surface area contributed by atoms with Crippen molar-refractivity contribution < 1.29 is 9.59 Å². The Morgan fingerprint density at radius 2 is 2.10 bits per heavy atom. The van der Waals surface area contributed by atoms with Gasteiger partial charge in [0.25, 0.3) is 5.91 Å². The molecule has 3 aromatic rings. The van der Waals surface area contributed by atoms with Crippen molar-refractivity contribution in [1.29, 1.82) is 0 Å². The first kappa shape index (κ1) is 19.8. The first-order valence-corrected chi connectivity index (χ1v) is 11.4. The lowest BCUT2D eigenvalue weighted by Crippen LogP contribution is -2.42. The van der Waals surface area contributed by atoms with Crippen molar-refractivity contribution in [2.75, 3.05) is 0 Å². The zero-order valence-corrected chi connectivity index (χ0v) is 18.1. The van der Waals surface area contributed by atoms with Crippen molar-refractivity contribution >= 4 is 34.5 Å². The molecule has 1 aromatic carbocycles. The summed E-state index contributed by atoms with van der Waals surface area (Å²) in [6, 6.07) is 10.1. The molecule has 4 rings (SSSR count). The average molecular weight is 426 g/mol. The van der Waals surface area contributed by atoms with Gasteiger partial charge in [0.05, 0.1) is 17.0 Å². The predicted molar refractivity (Wildman–Crippen MR) is 117 cm³/mol. The van der Waals surface area contributed by atoms with Crippen molar-refractivity contribution in [2.45, 2.75) is 39.5 Å². The van der Waals surface area contributed by atoms with Crippen LogP contribution >= 0.6 is 22.7 Å². The minimum absolute atomic E-state index is 0.126. The van der Waals surface area contributed by atoms with Gasteiger partial charge >= 0.3 is 0 Å². The summed E-state index contributed by atoms with van der Waals surface area (Å²) in [6.45, 7) is 4.28. The molecule has 2 aromatic heterocycles. The number of hydrogen-bond acceptors (Lipinski definition) is 5. The van der Waals surface area contributed by atoms with E-state index in [1.165, 1.54) is 45.1 Å². The van der Waals surface area contributed by atoms with E-state index in [1.54, 1.807) is 0 Å². The van der Waals surface area contributed by atoms with Crippen LogP contribution in [0.2, 0.25) is 0 Å². The number of nitrogens with zero attached hydrogens (tertiary/aromatic N) is 1. The molecule has 0 saturated carbocycles. The Labute approximate surface area is 178 Å². The van der Waals surface area contributed by atoms with E-state index in [4.69, 9.17) is 0 Å². The first-order chi connectivity index (χ1) is 14.0. The van der Waals surface area contributed by atoms with Gasteiger partial charge in [0.2, 0.25) is 5.91 Å². The van der Waals surface area contributed by atoms with E-state index < -0.39 is 0 Å². The summed E-state index contributed by atoms with van der Waals surface area (Å²) in [5.74, 6) is 0.119. The Balaban J connectivity index is 1.32. The van der Waals surface area contributed by atoms with Gasteiger partial charge in [-0.2, -0.15) is 0 Å². The van der Waals surface area contributed by atoms with Crippen molar-refractivity contribution in [3.63, 3.8) is 0 Å². The zero-order chi connectivity index (χ0) is 20.4. The predicted octanol–water partition coefficient (Wildman–Crippen LogP) is 4.31. The van der Waals surface area contributed by atoms with Crippen molar-refractivity contribution in [3.8, 4) is 10.6 Å². The second kappa shape index (κ2) is 8.47. The SMILES string of the molecule is Cc1cccc(-c2nc(CC(=O)NNC(=O)c3cc4c(s3)CCC(C)C4)cs2)c1. The number of rotatable bonds is 4. The van der Waals surface area contributed by atoms with Crippen LogP contribution in [0.4, 0.5) is 0 Å². The highest BCUT2D eigenvalue weighted by atomic mass is 32.1. The normalized spacial score (nSPS) is 15.6. The third-order valence-corrected chi connectivity index (χ3v) is 7.20. The molecule has 0 spiro atoms. The Hall–Kier alpha value is -2.51. The standard InChI is InChI=1S/C22H23N3O2S2/c1-13-4-3-5-15(8-13)22-23-17(12-28-22)11-20(26)24-25-21(27)19-10-16-9-14(2)6-7-18(16)29-19/h3-5,8,10,12,14H,6-7,9,11H2,1-2H3,(H,24,26)(H,25,27). The van der Waals surface area contributed by atoms with Crippen LogP contribution < -0.4 is 10.9 Å². The van der Waals surface area contributed by atoms with E-state index in [0.717, 1.165) is 23.4 Å². The molecule has 0 bridgehead atoms. The van der Waals surface area contributed by atoms with Crippen LogP contribution in [0.15, 0.2) is 35.7 Å². The van der Waals surface area contributed by atoms with Crippen molar-refractivity contribution in [3.05, 3.63) is 62.3 Å². The lowest BCUT2D eigenvalue weighted by molar-refractivity contribution is -0.121. The van der Waals surface area contributed by atoms with Gasteiger partial charge in [0, 0.05) is 15.8 Å². The Morgan fingerprint density at radius 1 is 1.24 bits per heavy atom. The Kier molecular flexibility index (Phi) is 5.78. The molecule has 1 unspecified atom stereocenters. The molecule has 0 fully saturated rings. The summed E-state index contributed by atoms with van der Waals surface area (Å²) >= 11 is 3.04. The number of hydrazine groups is 1. The fourth-order valence-electron chi connectivity index (χ4n) is 3.51.